The van der Waals surface area contributed by atoms with E-state index in [4.69, 9.17) is 0 Å². The number of benzene rings is 1. The second-order valence-corrected chi connectivity index (χ2v) is 12.1. The van der Waals surface area contributed by atoms with Crippen molar-refractivity contribution in [3.63, 3.8) is 0 Å². The minimum absolute atomic E-state index is 0.00589. The lowest BCUT2D eigenvalue weighted by atomic mass is 10.0. The zero-order chi connectivity index (χ0) is 28.3. The Morgan fingerprint density at radius 1 is 1.28 bits per heavy atom. The Kier molecular flexibility index (Phi) is 8.82. The molecule has 4 N–H and O–H groups in total. The van der Waals surface area contributed by atoms with Crippen molar-refractivity contribution in [2.75, 3.05) is 18.6 Å². The van der Waals surface area contributed by atoms with Crippen LogP contribution in [0.2, 0.25) is 0 Å². The summed E-state index contributed by atoms with van der Waals surface area (Å²) in [7, 11) is 1.23. The standard InChI is InChI=1S/C24H25N5O7S3/c1-11(8-16(31)36-3)25-17(13-4-6-15(30)7-5-13)20(32)26-18-21(33)29-19(23(34)35)14(9-37-22(18)29)10-38-24-28-27-12(2)39-24/h4-8,17-18,22,25,30H,9-10H2,1-3H3,(H,26,32)(H,34,35)/b11-8+/t17?,18?,22-/m1/s1. The van der Waals surface area contributed by atoms with Crippen molar-refractivity contribution in [2.24, 2.45) is 0 Å². The molecule has 2 amide bonds. The van der Waals surface area contributed by atoms with Gasteiger partial charge < -0.3 is 25.6 Å². The first-order chi connectivity index (χ1) is 18.6. The van der Waals surface area contributed by atoms with E-state index in [1.165, 1.54) is 77.2 Å². The molecule has 2 aliphatic heterocycles. The van der Waals surface area contributed by atoms with Crippen molar-refractivity contribution in [3.05, 3.63) is 57.9 Å². The number of phenolic OH excluding ortho intramolecular Hbond substituents is 1. The Balaban J connectivity index is 1.50. The summed E-state index contributed by atoms with van der Waals surface area (Å²) in [5, 5.41) is 33.5. The van der Waals surface area contributed by atoms with Crippen LogP contribution < -0.4 is 10.6 Å². The summed E-state index contributed by atoms with van der Waals surface area (Å²) < 4.78 is 5.34. The molecule has 0 spiro atoms. The third kappa shape index (κ3) is 6.37. The van der Waals surface area contributed by atoms with Gasteiger partial charge in [-0.3, -0.25) is 14.5 Å². The number of hydrogen-bond donors (Lipinski definition) is 4. The van der Waals surface area contributed by atoms with Crippen LogP contribution in [-0.4, -0.2) is 79.1 Å². The number of β-lactam (4-membered cyclic amide) rings is 1. The highest BCUT2D eigenvalue weighted by atomic mass is 32.2. The van der Waals surface area contributed by atoms with Crippen LogP contribution in [-0.2, 0) is 23.9 Å². The normalized spacial score (nSPS) is 19.6. The van der Waals surface area contributed by atoms with E-state index in [-0.39, 0.29) is 11.4 Å². The number of methoxy groups -OCH3 is 1. The van der Waals surface area contributed by atoms with E-state index < -0.39 is 41.2 Å². The van der Waals surface area contributed by atoms with E-state index in [2.05, 4.69) is 25.6 Å². The second-order valence-electron chi connectivity index (χ2n) is 8.55. The number of allylic oxidation sites excluding steroid dienone is 1. The highest BCUT2D eigenvalue weighted by Crippen LogP contribution is 2.42. The molecule has 2 aromatic rings. The van der Waals surface area contributed by atoms with Crippen LogP contribution in [0.5, 0.6) is 5.75 Å². The maximum atomic E-state index is 13.4. The molecular weight excluding hydrogens is 566 g/mol. The van der Waals surface area contributed by atoms with Gasteiger partial charge in [0, 0.05) is 23.3 Å². The number of thioether (sulfide) groups is 2. The van der Waals surface area contributed by atoms with Crippen molar-refractivity contribution in [1.82, 2.24) is 25.7 Å². The Hall–Kier alpha value is -3.56. The number of ether oxygens (including phenoxy) is 1. The summed E-state index contributed by atoms with van der Waals surface area (Å²) in [6.07, 6.45) is 1.18. The maximum absolute atomic E-state index is 13.4. The second kappa shape index (κ2) is 12.1. The first-order valence-electron chi connectivity index (χ1n) is 11.5. The molecule has 0 radical (unpaired) electrons. The number of aryl methyl sites for hydroxylation is 1. The van der Waals surface area contributed by atoms with E-state index >= 15 is 0 Å². The van der Waals surface area contributed by atoms with Gasteiger partial charge in [0.25, 0.3) is 5.91 Å². The molecule has 206 valence electrons. The number of nitrogens with one attached hydrogen (secondary N) is 2. The summed E-state index contributed by atoms with van der Waals surface area (Å²) in [6.45, 7) is 3.41. The van der Waals surface area contributed by atoms with Gasteiger partial charge in [-0.1, -0.05) is 35.2 Å². The van der Waals surface area contributed by atoms with E-state index in [0.29, 0.717) is 32.7 Å². The molecule has 12 nitrogen and oxygen atoms in total. The van der Waals surface area contributed by atoms with Gasteiger partial charge in [-0.15, -0.1) is 22.0 Å². The predicted molar refractivity (Wildman–Crippen MR) is 145 cm³/mol. The first kappa shape index (κ1) is 28.4. The Morgan fingerprint density at radius 3 is 2.62 bits per heavy atom. The summed E-state index contributed by atoms with van der Waals surface area (Å²) in [4.78, 5) is 51.5. The monoisotopic (exact) mass is 591 g/mol. The predicted octanol–water partition coefficient (Wildman–Crippen LogP) is 1.79. The van der Waals surface area contributed by atoms with Gasteiger partial charge in [0.1, 0.15) is 33.9 Å². The van der Waals surface area contributed by atoms with Crippen LogP contribution in [0.1, 0.15) is 23.5 Å². The lowest BCUT2D eigenvalue weighted by molar-refractivity contribution is -0.151. The van der Waals surface area contributed by atoms with Crippen molar-refractivity contribution in [3.8, 4) is 5.75 Å². The number of fused-ring (bicyclic) bond motifs is 1. The van der Waals surface area contributed by atoms with Crippen LogP contribution in [0, 0.1) is 6.92 Å². The van der Waals surface area contributed by atoms with Gasteiger partial charge in [-0.25, -0.2) is 9.59 Å². The topological polar surface area (TPSA) is 171 Å². The molecular formula is C24H25N5O7S3. The van der Waals surface area contributed by atoms with Crippen molar-refractivity contribution in [1.29, 1.82) is 0 Å². The lowest BCUT2D eigenvalue weighted by Crippen LogP contribution is -2.71. The number of esters is 1. The first-order valence-corrected chi connectivity index (χ1v) is 14.4. The smallest absolute Gasteiger partial charge is 0.352 e. The summed E-state index contributed by atoms with van der Waals surface area (Å²) in [5.41, 5.74) is 1.33. The minimum atomic E-state index is -1.21. The van der Waals surface area contributed by atoms with Gasteiger partial charge in [0.05, 0.1) is 7.11 Å². The average Bonchev–Trinajstić information content (AvgIpc) is 3.33. The van der Waals surface area contributed by atoms with Gasteiger partial charge >= 0.3 is 11.9 Å². The van der Waals surface area contributed by atoms with E-state index in [9.17, 15) is 29.4 Å². The lowest BCUT2D eigenvalue weighted by Gasteiger charge is -2.49. The van der Waals surface area contributed by atoms with E-state index in [1.807, 2.05) is 6.92 Å². The van der Waals surface area contributed by atoms with Crippen molar-refractivity contribution in [2.45, 2.75) is 35.6 Å². The van der Waals surface area contributed by atoms with Crippen LogP contribution in [0.25, 0.3) is 0 Å². The van der Waals surface area contributed by atoms with Gasteiger partial charge in [-0.2, -0.15) is 0 Å². The third-order valence-electron chi connectivity index (χ3n) is 5.82. The average molecular weight is 592 g/mol. The molecule has 2 unspecified atom stereocenters. The Bertz CT molecular complexity index is 1360. The fourth-order valence-corrected chi connectivity index (χ4v) is 7.29. The fraction of sp³-hybridized carbons (Fsp3) is 0.333. The molecule has 1 fully saturated rings. The highest BCUT2D eigenvalue weighted by Gasteiger charge is 2.54. The third-order valence-corrected chi connectivity index (χ3v) is 9.22. The molecule has 3 atom stereocenters. The summed E-state index contributed by atoms with van der Waals surface area (Å²) >= 11 is 4.14. The number of carbonyl (C=O) groups is 4. The number of amides is 2. The molecule has 15 heteroatoms. The molecule has 4 rings (SSSR count). The van der Waals surface area contributed by atoms with Crippen LogP contribution in [0.4, 0.5) is 0 Å². The molecule has 1 saturated heterocycles. The highest BCUT2D eigenvalue weighted by molar-refractivity contribution is 8.01. The fourth-order valence-electron chi connectivity index (χ4n) is 3.99. The number of aromatic hydroxyl groups is 1. The Morgan fingerprint density at radius 2 is 2.00 bits per heavy atom. The van der Waals surface area contributed by atoms with Crippen LogP contribution in [0.3, 0.4) is 0 Å². The number of phenols is 1. The number of aliphatic carboxylic acids is 1. The largest absolute Gasteiger partial charge is 0.508 e. The molecule has 0 bridgehead atoms. The molecule has 2 aliphatic rings. The van der Waals surface area contributed by atoms with Gasteiger partial charge in [0.15, 0.2) is 4.34 Å². The number of rotatable bonds is 10. The van der Waals surface area contributed by atoms with Crippen LogP contribution >= 0.6 is 34.9 Å². The molecule has 3 heterocycles. The van der Waals surface area contributed by atoms with Crippen LogP contribution in [0.15, 0.2) is 51.6 Å². The van der Waals surface area contributed by atoms with Crippen molar-refractivity contribution < 1.29 is 34.1 Å². The molecule has 39 heavy (non-hydrogen) atoms. The van der Waals surface area contributed by atoms with E-state index in [1.54, 1.807) is 6.92 Å². The zero-order valence-electron chi connectivity index (χ0n) is 21.0. The maximum Gasteiger partial charge on any atom is 0.352 e. The number of hydrogen-bond acceptors (Lipinski definition) is 12. The molecule has 0 aliphatic carbocycles. The summed E-state index contributed by atoms with van der Waals surface area (Å²) in [5.74, 6) is -2.20. The molecule has 1 aromatic heterocycles. The number of nitrogens with zero attached hydrogens (tertiary/aromatic N) is 3. The SMILES string of the molecule is COC(=O)/C=C(\C)NC(C(=O)NC1C(=O)N2C(C(=O)O)=C(CSc3nnc(C)s3)CS[C@H]12)c1ccc(O)cc1. The molecule has 0 saturated carbocycles. The zero-order valence-corrected chi connectivity index (χ0v) is 23.5. The Labute approximate surface area is 235 Å². The number of carboxylic acids is 1. The molecule has 1 aromatic carbocycles. The quantitative estimate of drug-likeness (QED) is 0.137. The van der Waals surface area contributed by atoms with E-state index in [0.717, 1.165) is 5.01 Å². The van der Waals surface area contributed by atoms with Gasteiger partial charge in [-0.05, 0) is 37.1 Å². The van der Waals surface area contributed by atoms with Crippen molar-refractivity contribution >= 4 is 58.6 Å². The minimum Gasteiger partial charge on any atom is -0.508 e. The van der Waals surface area contributed by atoms with Gasteiger partial charge in [0.2, 0.25) is 5.91 Å². The number of aromatic nitrogens is 2. The number of carboxylic acid groups (broad SMARTS) is 1. The summed E-state index contributed by atoms with van der Waals surface area (Å²) in [6, 6.07) is 3.95. The number of carbonyl (C=O) groups excluding carboxylic acids is 3.